The molecule has 8 nitrogen and oxygen atoms in total. The fourth-order valence-corrected chi connectivity index (χ4v) is 3.65. The lowest BCUT2D eigenvalue weighted by atomic mass is 10.0. The van der Waals surface area contributed by atoms with Gasteiger partial charge in [-0.2, -0.15) is 18.4 Å². The van der Waals surface area contributed by atoms with Crippen molar-refractivity contribution in [2.45, 2.75) is 18.7 Å². The van der Waals surface area contributed by atoms with E-state index in [0.29, 0.717) is 11.3 Å². The number of hydrogen-bond acceptors (Lipinski definition) is 6. The van der Waals surface area contributed by atoms with E-state index in [9.17, 15) is 18.5 Å². The molecule has 0 fully saturated rings. The van der Waals surface area contributed by atoms with Gasteiger partial charge in [-0.3, -0.25) is 10.1 Å². The minimum absolute atomic E-state index is 0.225. The third-order valence-electron chi connectivity index (χ3n) is 4.49. The van der Waals surface area contributed by atoms with Crippen molar-refractivity contribution in [2.75, 3.05) is 7.11 Å². The molecule has 29 heavy (non-hydrogen) atoms. The molecular weight excluding hydrogens is 394 g/mol. The van der Waals surface area contributed by atoms with E-state index in [0.717, 1.165) is 28.2 Å². The molecule has 0 aromatic heterocycles. The van der Waals surface area contributed by atoms with Gasteiger partial charge in [0.05, 0.1) is 22.6 Å². The van der Waals surface area contributed by atoms with E-state index in [1.54, 1.807) is 21.0 Å². The van der Waals surface area contributed by atoms with Gasteiger partial charge >= 0.3 is 0 Å². The Labute approximate surface area is 168 Å². The summed E-state index contributed by atoms with van der Waals surface area (Å²) in [6.45, 7) is 3.21. The van der Waals surface area contributed by atoms with Crippen molar-refractivity contribution < 1.29 is 18.1 Å². The van der Waals surface area contributed by atoms with Crippen LogP contribution in [-0.2, 0) is 10.0 Å². The molecule has 0 saturated heterocycles. The Morgan fingerprint density at radius 1 is 1.07 bits per heavy atom. The lowest BCUT2D eigenvalue weighted by molar-refractivity contribution is -0.385. The van der Waals surface area contributed by atoms with Crippen molar-refractivity contribution in [3.05, 3.63) is 75.8 Å². The fourth-order valence-electron chi connectivity index (χ4n) is 2.77. The van der Waals surface area contributed by atoms with Gasteiger partial charge in [-0.25, -0.2) is 0 Å². The summed E-state index contributed by atoms with van der Waals surface area (Å²) in [7, 11) is -2.45. The van der Waals surface area contributed by atoms with Gasteiger partial charge in [-0.1, -0.05) is 24.3 Å². The predicted molar refractivity (Wildman–Crippen MR) is 111 cm³/mol. The average Bonchev–Trinajstić information content (AvgIpc) is 2.71. The molecule has 0 amide bonds. The smallest absolute Gasteiger partial charge is 0.276 e. The number of nitrogens with one attached hydrogen (secondary N) is 1. The molecule has 0 heterocycles. The van der Waals surface area contributed by atoms with Gasteiger partial charge in [0, 0.05) is 11.6 Å². The van der Waals surface area contributed by atoms with E-state index in [-0.39, 0.29) is 10.6 Å². The van der Waals surface area contributed by atoms with Crippen LogP contribution in [0, 0.1) is 17.0 Å². The van der Waals surface area contributed by atoms with E-state index in [1.165, 1.54) is 12.1 Å². The number of hydrazone groups is 1. The molecule has 0 bridgehead atoms. The van der Waals surface area contributed by atoms with Crippen LogP contribution in [0.1, 0.15) is 18.1 Å². The molecule has 0 saturated carbocycles. The van der Waals surface area contributed by atoms with Crippen LogP contribution in [0.4, 0.5) is 5.69 Å². The maximum absolute atomic E-state index is 12.5. The zero-order valence-electron chi connectivity index (χ0n) is 16.0. The van der Waals surface area contributed by atoms with E-state index in [1.807, 2.05) is 36.4 Å². The SMILES string of the molecule is COc1ccc2cc(/C(C)=N\NS(=O)(=O)c3ccc(C)c([N+](=O)[O-])c3)ccc2c1. The quantitative estimate of drug-likeness (QED) is 0.376. The summed E-state index contributed by atoms with van der Waals surface area (Å²) < 4.78 is 30.2. The molecule has 0 aliphatic carbocycles. The molecule has 3 aromatic carbocycles. The van der Waals surface area contributed by atoms with E-state index >= 15 is 0 Å². The normalized spacial score (nSPS) is 12.0. The minimum atomic E-state index is -4.05. The van der Waals surface area contributed by atoms with Gasteiger partial charge in [0.15, 0.2) is 0 Å². The van der Waals surface area contributed by atoms with Crippen molar-refractivity contribution in [1.29, 1.82) is 0 Å². The van der Waals surface area contributed by atoms with Gasteiger partial charge in [0.2, 0.25) is 0 Å². The Balaban J connectivity index is 1.87. The number of ether oxygens (including phenoxy) is 1. The van der Waals surface area contributed by atoms with Crippen LogP contribution >= 0.6 is 0 Å². The molecule has 0 atom stereocenters. The Morgan fingerprint density at radius 2 is 1.76 bits per heavy atom. The summed E-state index contributed by atoms with van der Waals surface area (Å²) in [4.78, 5) is 12.4. The van der Waals surface area contributed by atoms with Crippen molar-refractivity contribution in [2.24, 2.45) is 5.10 Å². The fraction of sp³-hybridized carbons (Fsp3) is 0.150. The number of methoxy groups -OCH3 is 1. The highest BCUT2D eigenvalue weighted by molar-refractivity contribution is 7.89. The first-order chi connectivity index (χ1) is 13.7. The molecule has 3 aromatic rings. The summed E-state index contributed by atoms with van der Waals surface area (Å²) in [5, 5.41) is 17.0. The molecule has 3 rings (SSSR count). The van der Waals surface area contributed by atoms with E-state index < -0.39 is 14.9 Å². The largest absolute Gasteiger partial charge is 0.497 e. The van der Waals surface area contributed by atoms with Gasteiger partial charge in [-0.05, 0) is 54.4 Å². The monoisotopic (exact) mass is 413 g/mol. The summed E-state index contributed by atoms with van der Waals surface area (Å²) in [6.07, 6.45) is 0. The number of nitrogens with zero attached hydrogens (tertiary/aromatic N) is 2. The molecule has 0 aliphatic heterocycles. The number of nitro benzene ring substituents is 1. The Hall–Kier alpha value is -3.46. The average molecular weight is 413 g/mol. The first-order valence-corrected chi connectivity index (χ1v) is 10.1. The number of aryl methyl sites for hydroxylation is 1. The number of fused-ring (bicyclic) bond motifs is 1. The zero-order valence-corrected chi connectivity index (χ0v) is 16.9. The lowest BCUT2D eigenvalue weighted by Crippen LogP contribution is -2.20. The first kappa shape index (κ1) is 20.3. The second-order valence-electron chi connectivity index (χ2n) is 6.43. The maximum Gasteiger partial charge on any atom is 0.276 e. The minimum Gasteiger partial charge on any atom is -0.497 e. The third-order valence-corrected chi connectivity index (χ3v) is 5.69. The predicted octanol–water partition coefficient (Wildman–Crippen LogP) is 3.77. The number of hydrogen-bond donors (Lipinski definition) is 1. The Kier molecular flexibility index (Phi) is 5.51. The van der Waals surface area contributed by atoms with Crippen molar-refractivity contribution in [3.63, 3.8) is 0 Å². The van der Waals surface area contributed by atoms with Crippen LogP contribution in [0.25, 0.3) is 10.8 Å². The van der Waals surface area contributed by atoms with Crippen molar-refractivity contribution >= 4 is 32.2 Å². The maximum atomic E-state index is 12.5. The zero-order chi connectivity index (χ0) is 21.2. The molecule has 1 N–H and O–H groups in total. The summed E-state index contributed by atoms with van der Waals surface area (Å²) in [5.41, 5.74) is 1.30. The molecule has 0 unspecified atom stereocenters. The number of rotatable bonds is 6. The number of benzene rings is 3. The summed E-state index contributed by atoms with van der Waals surface area (Å²) in [5.74, 6) is 0.746. The number of nitro groups is 1. The van der Waals surface area contributed by atoms with Crippen molar-refractivity contribution in [1.82, 2.24) is 4.83 Å². The Bertz CT molecular complexity index is 1240. The molecule has 0 spiro atoms. The molecular formula is C20H19N3O5S. The van der Waals surface area contributed by atoms with Crippen molar-refractivity contribution in [3.8, 4) is 5.75 Å². The van der Waals surface area contributed by atoms with Crippen LogP contribution in [0.5, 0.6) is 5.75 Å². The molecule has 0 radical (unpaired) electrons. The summed E-state index contributed by atoms with van der Waals surface area (Å²) >= 11 is 0. The highest BCUT2D eigenvalue weighted by Gasteiger charge is 2.19. The van der Waals surface area contributed by atoms with Gasteiger partial charge in [-0.15, -0.1) is 0 Å². The molecule has 9 heteroatoms. The van der Waals surface area contributed by atoms with Gasteiger partial charge < -0.3 is 4.74 Å². The van der Waals surface area contributed by atoms with Crippen LogP contribution in [-0.4, -0.2) is 26.2 Å². The highest BCUT2D eigenvalue weighted by Crippen LogP contribution is 2.23. The standard InChI is InChI=1S/C20H19N3O5S/c1-13-4-9-19(12-20(13)23(24)25)29(26,27)22-21-14(2)15-5-6-17-11-18(28-3)8-7-16(17)10-15/h4-12,22H,1-3H3/b21-14-. The summed E-state index contributed by atoms with van der Waals surface area (Å²) in [6, 6.07) is 15.0. The Morgan fingerprint density at radius 3 is 2.45 bits per heavy atom. The van der Waals surface area contributed by atoms with Gasteiger partial charge in [0.1, 0.15) is 5.75 Å². The van der Waals surface area contributed by atoms with Gasteiger partial charge in [0.25, 0.3) is 15.7 Å². The van der Waals surface area contributed by atoms with E-state index in [2.05, 4.69) is 9.93 Å². The second kappa shape index (κ2) is 7.88. The second-order valence-corrected chi connectivity index (χ2v) is 8.09. The third kappa shape index (κ3) is 4.35. The first-order valence-electron chi connectivity index (χ1n) is 8.60. The lowest BCUT2D eigenvalue weighted by Gasteiger charge is -2.08. The van der Waals surface area contributed by atoms with Crippen LogP contribution in [0.2, 0.25) is 0 Å². The van der Waals surface area contributed by atoms with Crippen LogP contribution in [0.15, 0.2) is 64.6 Å². The molecule has 0 aliphatic rings. The van der Waals surface area contributed by atoms with Crippen LogP contribution < -0.4 is 9.57 Å². The van der Waals surface area contributed by atoms with Crippen LogP contribution in [0.3, 0.4) is 0 Å². The highest BCUT2D eigenvalue weighted by atomic mass is 32.2. The van der Waals surface area contributed by atoms with E-state index in [4.69, 9.17) is 4.74 Å². The number of sulfonamides is 1. The molecule has 150 valence electrons. The topological polar surface area (TPSA) is 111 Å².